The van der Waals surface area contributed by atoms with Crippen molar-refractivity contribution in [3.63, 3.8) is 0 Å². The van der Waals surface area contributed by atoms with Crippen LogP contribution in [0.4, 0.5) is 4.39 Å². The maximum Gasteiger partial charge on any atom is 0.244 e. The zero-order valence-corrected chi connectivity index (χ0v) is 15.0. The maximum atomic E-state index is 13.8. The van der Waals surface area contributed by atoms with E-state index in [4.69, 9.17) is 0 Å². The van der Waals surface area contributed by atoms with Crippen molar-refractivity contribution in [3.8, 4) is 0 Å². The molecule has 4 rings (SSSR count). The van der Waals surface area contributed by atoms with Crippen molar-refractivity contribution in [3.05, 3.63) is 71.5 Å². The van der Waals surface area contributed by atoms with E-state index >= 15 is 0 Å². The smallest absolute Gasteiger partial charge is 0.244 e. The molecule has 1 N–H and O–H groups in total. The lowest BCUT2D eigenvalue weighted by Crippen LogP contribution is -2.49. The minimum absolute atomic E-state index is 0.00453. The van der Waals surface area contributed by atoms with Gasteiger partial charge < -0.3 is 10.2 Å². The van der Waals surface area contributed by atoms with E-state index < -0.39 is 10.9 Å². The summed E-state index contributed by atoms with van der Waals surface area (Å²) in [6.07, 6.45) is 1.15. The van der Waals surface area contributed by atoms with Crippen molar-refractivity contribution in [2.75, 3.05) is 5.75 Å². The van der Waals surface area contributed by atoms with Crippen LogP contribution in [0.25, 0.3) is 0 Å². The molecule has 0 bridgehead atoms. The molecule has 0 aliphatic carbocycles. The minimum Gasteiger partial charge on any atom is -0.350 e. The topological polar surface area (TPSA) is 49.4 Å². The Kier molecular flexibility index (Phi) is 4.44. The summed E-state index contributed by atoms with van der Waals surface area (Å²) in [5.74, 6) is -0.0211. The Morgan fingerprint density at radius 1 is 1.19 bits per heavy atom. The lowest BCUT2D eigenvalue weighted by molar-refractivity contribution is -0.138. The number of hydrogen-bond acceptors (Lipinski definition) is 3. The number of amides is 2. The van der Waals surface area contributed by atoms with Gasteiger partial charge in [0.1, 0.15) is 16.7 Å². The molecule has 2 fully saturated rings. The summed E-state index contributed by atoms with van der Waals surface area (Å²) >= 11 is 1.65. The summed E-state index contributed by atoms with van der Waals surface area (Å²) in [5, 5.41) is 2.80. The van der Waals surface area contributed by atoms with Gasteiger partial charge >= 0.3 is 0 Å². The highest BCUT2D eigenvalue weighted by molar-refractivity contribution is 8.00. The first kappa shape index (κ1) is 17.1. The van der Waals surface area contributed by atoms with E-state index in [2.05, 4.69) is 5.32 Å². The second kappa shape index (κ2) is 6.76. The highest BCUT2D eigenvalue weighted by Gasteiger charge is 2.56. The Hall–Kier alpha value is -2.34. The third-order valence-electron chi connectivity index (χ3n) is 5.07. The number of carbonyl (C=O) groups excluding carboxylic acids is 2. The van der Waals surface area contributed by atoms with Crippen molar-refractivity contribution in [1.82, 2.24) is 10.2 Å². The minimum atomic E-state index is -0.526. The number of nitrogens with one attached hydrogen (secondary N) is 1. The molecule has 0 spiro atoms. The second-order valence-corrected chi connectivity index (χ2v) is 7.85. The molecule has 0 unspecified atom stereocenters. The largest absolute Gasteiger partial charge is 0.350 e. The van der Waals surface area contributed by atoms with E-state index in [1.54, 1.807) is 34.9 Å². The lowest BCUT2D eigenvalue weighted by Gasteiger charge is -2.34. The summed E-state index contributed by atoms with van der Waals surface area (Å²) < 4.78 is 13.8. The van der Waals surface area contributed by atoms with Gasteiger partial charge in [-0.25, -0.2) is 4.39 Å². The summed E-state index contributed by atoms with van der Waals surface area (Å²) in [5.41, 5.74) is 1.49. The number of thioether (sulfide) groups is 1. The van der Waals surface area contributed by atoms with Gasteiger partial charge in [0.2, 0.25) is 11.8 Å². The molecule has 2 aromatic rings. The Morgan fingerprint density at radius 3 is 2.69 bits per heavy atom. The molecule has 0 radical (unpaired) electrons. The average Bonchev–Trinajstić information content (AvgIpc) is 3.21. The first-order valence-electron chi connectivity index (χ1n) is 8.64. The Bertz CT molecular complexity index is 845. The maximum absolute atomic E-state index is 13.8. The van der Waals surface area contributed by atoms with E-state index in [1.807, 2.05) is 30.3 Å². The zero-order valence-electron chi connectivity index (χ0n) is 14.2. The quantitative estimate of drug-likeness (QED) is 0.900. The van der Waals surface area contributed by atoms with Crippen LogP contribution < -0.4 is 5.32 Å². The van der Waals surface area contributed by atoms with E-state index in [-0.39, 0.29) is 24.2 Å². The molecule has 0 aromatic heterocycles. The fourth-order valence-electron chi connectivity index (χ4n) is 3.78. The fraction of sp³-hybridized carbons (Fsp3) is 0.300. The number of hydrogen-bond donors (Lipinski definition) is 1. The van der Waals surface area contributed by atoms with Gasteiger partial charge in [0.15, 0.2) is 0 Å². The van der Waals surface area contributed by atoms with Gasteiger partial charge in [0.05, 0.1) is 0 Å². The zero-order chi connectivity index (χ0) is 18.1. The predicted molar refractivity (Wildman–Crippen MR) is 98.7 cm³/mol. The molecule has 2 heterocycles. The van der Waals surface area contributed by atoms with Crippen LogP contribution in [0.3, 0.4) is 0 Å². The van der Waals surface area contributed by atoms with Gasteiger partial charge in [0, 0.05) is 24.3 Å². The van der Waals surface area contributed by atoms with Gasteiger partial charge in [-0.15, -0.1) is 11.8 Å². The normalized spacial score (nSPS) is 24.6. The summed E-state index contributed by atoms with van der Waals surface area (Å²) in [7, 11) is 0. The number of nitrogens with zero attached hydrogens (tertiary/aromatic N) is 1. The molecule has 2 aromatic carbocycles. The number of carbonyl (C=O) groups is 2. The van der Waals surface area contributed by atoms with E-state index in [1.165, 1.54) is 6.07 Å². The van der Waals surface area contributed by atoms with Crippen LogP contribution in [0, 0.1) is 5.82 Å². The van der Waals surface area contributed by atoms with E-state index in [0.29, 0.717) is 24.2 Å². The number of halogens is 1. The highest BCUT2D eigenvalue weighted by atomic mass is 32.2. The van der Waals surface area contributed by atoms with Gasteiger partial charge in [-0.2, -0.15) is 0 Å². The predicted octanol–water partition coefficient (Wildman–Crippen LogP) is 3.03. The van der Waals surface area contributed by atoms with E-state index in [9.17, 15) is 14.0 Å². The molecular weight excluding hydrogens is 351 g/mol. The summed E-state index contributed by atoms with van der Waals surface area (Å²) in [6.45, 7) is 0.118. The summed E-state index contributed by atoms with van der Waals surface area (Å²) in [4.78, 5) is 26.6. The standard InChI is InChI=1S/C20H19FN2O2S/c21-16-9-5-4-6-14(16)12-22-19(25)17-13-26-20(11-10-18(24)23(17)20)15-7-2-1-3-8-15/h1-9,17H,10-13H2,(H,22,25)/t17-,20-/m0/s1. The second-order valence-electron chi connectivity index (χ2n) is 6.55. The van der Waals surface area contributed by atoms with Gasteiger partial charge in [-0.1, -0.05) is 48.5 Å². The van der Waals surface area contributed by atoms with Crippen molar-refractivity contribution >= 4 is 23.6 Å². The first-order valence-corrected chi connectivity index (χ1v) is 9.63. The van der Waals surface area contributed by atoms with Crippen LogP contribution >= 0.6 is 11.8 Å². The molecule has 26 heavy (non-hydrogen) atoms. The van der Waals surface area contributed by atoms with Crippen LogP contribution in [-0.2, 0) is 21.0 Å². The van der Waals surface area contributed by atoms with Crippen molar-refractivity contribution in [2.24, 2.45) is 0 Å². The monoisotopic (exact) mass is 370 g/mol. The Balaban J connectivity index is 1.54. The van der Waals surface area contributed by atoms with Crippen LogP contribution in [0.5, 0.6) is 0 Å². The van der Waals surface area contributed by atoms with Gasteiger partial charge in [-0.3, -0.25) is 9.59 Å². The molecule has 6 heteroatoms. The van der Waals surface area contributed by atoms with Gasteiger partial charge in [0.25, 0.3) is 0 Å². The SMILES string of the molecule is O=C(NCc1ccccc1F)[C@@H]1CS[C@]2(c3ccccc3)CCC(=O)N12. The van der Waals surface area contributed by atoms with Crippen molar-refractivity contribution < 1.29 is 14.0 Å². The molecule has 2 saturated heterocycles. The highest BCUT2D eigenvalue weighted by Crippen LogP contribution is 2.54. The lowest BCUT2D eigenvalue weighted by atomic mass is 10.0. The number of benzene rings is 2. The van der Waals surface area contributed by atoms with Crippen LogP contribution in [0.15, 0.2) is 54.6 Å². The third-order valence-corrected chi connectivity index (χ3v) is 6.66. The molecule has 2 amide bonds. The average molecular weight is 370 g/mol. The van der Waals surface area contributed by atoms with Gasteiger partial charge in [-0.05, 0) is 18.1 Å². The molecule has 134 valence electrons. The third kappa shape index (κ3) is 2.78. The Labute approximate surface area is 155 Å². The Morgan fingerprint density at radius 2 is 1.92 bits per heavy atom. The van der Waals surface area contributed by atoms with Crippen molar-refractivity contribution in [1.29, 1.82) is 0 Å². The van der Waals surface area contributed by atoms with Crippen LogP contribution in [0.1, 0.15) is 24.0 Å². The molecule has 2 aliphatic rings. The molecule has 4 nitrogen and oxygen atoms in total. The molecule has 2 atom stereocenters. The molecular formula is C20H19FN2O2S. The van der Waals surface area contributed by atoms with Crippen molar-refractivity contribution in [2.45, 2.75) is 30.3 Å². The summed E-state index contributed by atoms with van der Waals surface area (Å²) in [6, 6.07) is 15.7. The number of fused-ring (bicyclic) bond motifs is 1. The fourth-order valence-corrected chi connectivity index (χ4v) is 5.43. The molecule has 0 saturated carbocycles. The first-order chi connectivity index (χ1) is 12.6. The van der Waals surface area contributed by atoms with E-state index in [0.717, 1.165) is 5.56 Å². The van der Waals surface area contributed by atoms with Crippen LogP contribution in [-0.4, -0.2) is 28.5 Å². The van der Waals surface area contributed by atoms with Crippen LogP contribution in [0.2, 0.25) is 0 Å². The molecule has 2 aliphatic heterocycles. The number of rotatable bonds is 4.